The Balaban J connectivity index is 2.16. The molecule has 0 spiro atoms. The molecule has 1 aromatic rings. The maximum Gasteiger partial charge on any atom is 0.161 e. The molecule has 2 atom stereocenters. The van der Waals surface area contributed by atoms with Crippen molar-refractivity contribution in [2.45, 2.75) is 25.2 Å². The van der Waals surface area contributed by atoms with Crippen LogP contribution in [0.5, 0.6) is 11.5 Å². The van der Waals surface area contributed by atoms with Crippen LogP contribution in [0, 0.1) is 0 Å². The van der Waals surface area contributed by atoms with Gasteiger partial charge in [-0.2, -0.15) is 23.5 Å². The topological polar surface area (TPSA) is 38.7 Å². The van der Waals surface area contributed by atoms with E-state index in [2.05, 4.69) is 0 Å². The summed E-state index contributed by atoms with van der Waals surface area (Å²) in [4.78, 5) is 0. The Morgan fingerprint density at radius 1 is 1.20 bits per heavy atom. The number of benzene rings is 1. The molecule has 0 amide bonds. The second kappa shape index (κ2) is 8.05. The molecule has 1 aromatic carbocycles. The lowest BCUT2D eigenvalue weighted by atomic mass is 10.1. The Hall–Kier alpha value is -0.520. The van der Waals surface area contributed by atoms with Crippen molar-refractivity contribution in [1.29, 1.82) is 0 Å². The number of hydrogen-bond acceptors (Lipinski definition) is 5. The molecule has 112 valence electrons. The maximum absolute atomic E-state index is 10.5. The zero-order chi connectivity index (χ0) is 14.4. The highest BCUT2D eigenvalue weighted by molar-refractivity contribution is 8.06. The summed E-state index contributed by atoms with van der Waals surface area (Å²) in [5.41, 5.74) is 0.914. The van der Waals surface area contributed by atoms with Crippen LogP contribution in [0.1, 0.15) is 25.5 Å². The molecule has 1 heterocycles. The first-order valence-corrected chi connectivity index (χ1v) is 9.23. The quantitative estimate of drug-likeness (QED) is 0.871. The van der Waals surface area contributed by atoms with Gasteiger partial charge in [0.25, 0.3) is 0 Å². The standard InChI is InChI=1S/C15H22O3S2/c1-3-17-12-6-5-11(9-13(12)18-4-2)15(16)14-10-19-7-8-20-14/h5-6,9,14-16H,3-4,7-8,10H2,1-2H3. The molecule has 1 saturated heterocycles. The number of rotatable bonds is 6. The molecule has 2 rings (SSSR count). The smallest absolute Gasteiger partial charge is 0.161 e. The minimum Gasteiger partial charge on any atom is -0.490 e. The summed E-state index contributed by atoms with van der Waals surface area (Å²) in [5.74, 6) is 4.77. The summed E-state index contributed by atoms with van der Waals surface area (Å²) in [5, 5.41) is 10.8. The van der Waals surface area contributed by atoms with Crippen LogP contribution >= 0.6 is 23.5 Å². The summed E-state index contributed by atoms with van der Waals surface area (Å²) in [6.07, 6.45) is -0.442. The molecule has 2 unspecified atom stereocenters. The average Bonchev–Trinajstić information content (AvgIpc) is 2.50. The predicted molar refractivity (Wildman–Crippen MR) is 87.3 cm³/mol. The molecule has 20 heavy (non-hydrogen) atoms. The first kappa shape index (κ1) is 15.9. The van der Waals surface area contributed by atoms with Gasteiger partial charge in [0.15, 0.2) is 11.5 Å². The highest BCUT2D eigenvalue weighted by Gasteiger charge is 2.25. The number of aliphatic hydroxyl groups excluding tert-OH is 1. The lowest BCUT2D eigenvalue weighted by molar-refractivity contribution is 0.179. The Labute approximate surface area is 129 Å². The van der Waals surface area contributed by atoms with Crippen molar-refractivity contribution in [3.05, 3.63) is 23.8 Å². The Morgan fingerprint density at radius 2 is 1.95 bits per heavy atom. The Bertz CT molecular complexity index is 420. The highest BCUT2D eigenvalue weighted by Crippen LogP contribution is 2.37. The fraction of sp³-hybridized carbons (Fsp3) is 0.600. The molecule has 5 heteroatoms. The molecule has 1 N–H and O–H groups in total. The van der Waals surface area contributed by atoms with Crippen molar-refractivity contribution in [2.75, 3.05) is 30.5 Å². The van der Waals surface area contributed by atoms with Crippen LogP contribution in [0.4, 0.5) is 0 Å². The van der Waals surface area contributed by atoms with Gasteiger partial charge in [-0.05, 0) is 31.5 Å². The van der Waals surface area contributed by atoms with Crippen LogP contribution in [0.2, 0.25) is 0 Å². The van der Waals surface area contributed by atoms with Gasteiger partial charge in [-0.15, -0.1) is 0 Å². The van der Waals surface area contributed by atoms with Gasteiger partial charge in [-0.25, -0.2) is 0 Å². The molecule has 1 fully saturated rings. The van der Waals surface area contributed by atoms with Crippen molar-refractivity contribution < 1.29 is 14.6 Å². The zero-order valence-electron chi connectivity index (χ0n) is 12.0. The van der Waals surface area contributed by atoms with Gasteiger partial charge in [-0.3, -0.25) is 0 Å². The highest BCUT2D eigenvalue weighted by atomic mass is 32.2. The third kappa shape index (κ3) is 3.99. The van der Waals surface area contributed by atoms with Crippen molar-refractivity contribution in [1.82, 2.24) is 0 Å². The first-order valence-electron chi connectivity index (χ1n) is 7.03. The van der Waals surface area contributed by atoms with Crippen LogP contribution in [0.3, 0.4) is 0 Å². The van der Waals surface area contributed by atoms with E-state index in [4.69, 9.17) is 9.47 Å². The number of thioether (sulfide) groups is 2. The second-order valence-corrected chi connectivity index (χ2v) is 7.00. The van der Waals surface area contributed by atoms with Gasteiger partial charge >= 0.3 is 0 Å². The van der Waals surface area contributed by atoms with Crippen LogP contribution < -0.4 is 9.47 Å². The lowest BCUT2D eigenvalue weighted by Crippen LogP contribution is -2.22. The van der Waals surface area contributed by atoms with Crippen molar-refractivity contribution in [3.63, 3.8) is 0 Å². The van der Waals surface area contributed by atoms with E-state index in [0.717, 1.165) is 28.6 Å². The van der Waals surface area contributed by atoms with Gasteiger partial charge in [0.2, 0.25) is 0 Å². The van der Waals surface area contributed by atoms with Gasteiger partial charge in [-0.1, -0.05) is 6.07 Å². The number of ether oxygens (including phenoxy) is 2. The van der Waals surface area contributed by atoms with Crippen molar-refractivity contribution in [2.24, 2.45) is 0 Å². The number of aliphatic hydroxyl groups is 1. The molecule has 0 bridgehead atoms. The summed E-state index contributed by atoms with van der Waals surface area (Å²) in [6.45, 7) is 5.10. The van der Waals surface area contributed by atoms with E-state index < -0.39 is 6.10 Å². The predicted octanol–water partition coefficient (Wildman–Crippen LogP) is 3.37. The normalized spacial score (nSPS) is 20.4. The Morgan fingerprint density at radius 3 is 2.60 bits per heavy atom. The second-order valence-electron chi connectivity index (χ2n) is 4.50. The summed E-state index contributed by atoms with van der Waals surface area (Å²) in [6, 6.07) is 5.75. The molecule has 1 aliphatic rings. The SMILES string of the molecule is CCOc1ccc(C(O)C2CSCCS2)cc1OCC. The van der Waals surface area contributed by atoms with Crippen LogP contribution in [0.15, 0.2) is 18.2 Å². The van der Waals surface area contributed by atoms with Crippen molar-refractivity contribution in [3.8, 4) is 11.5 Å². The monoisotopic (exact) mass is 314 g/mol. The Kier molecular flexibility index (Phi) is 6.39. The van der Waals surface area contributed by atoms with Gasteiger partial charge < -0.3 is 14.6 Å². The maximum atomic E-state index is 10.5. The summed E-state index contributed by atoms with van der Waals surface area (Å²) < 4.78 is 11.2. The van der Waals surface area contributed by atoms with E-state index >= 15 is 0 Å². The van der Waals surface area contributed by atoms with E-state index in [1.165, 1.54) is 5.75 Å². The molecular formula is C15H22O3S2. The van der Waals surface area contributed by atoms with Crippen LogP contribution in [-0.4, -0.2) is 40.8 Å². The molecular weight excluding hydrogens is 292 g/mol. The summed E-state index contributed by atoms with van der Waals surface area (Å²) in [7, 11) is 0. The van der Waals surface area contributed by atoms with E-state index in [1.807, 2.05) is 55.6 Å². The third-order valence-electron chi connectivity index (χ3n) is 3.10. The summed E-state index contributed by atoms with van der Waals surface area (Å²) >= 11 is 3.77. The van der Waals surface area contributed by atoms with Gasteiger partial charge in [0.05, 0.1) is 19.3 Å². The molecule has 0 radical (unpaired) electrons. The molecule has 3 nitrogen and oxygen atoms in total. The molecule has 1 aliphatic heterocycles. The molecule has 0 aliphatic carbocycles. The number of hydrogen-bond donors (Lipinski definition) is 1. The van der Waals surface area contributed by atoms with E-state index in [1.54, 1.807) is 0 Å². The fourth-order valence-corrected chi connectivity index (χ4v) is 4.91. The van der Waals surface area contributed by atoms with E-state index in [0.29, 0.717) is 13.2 Å². The van der Waals surface area contributed by atoms with Gasteiger partial charge in [0.1, 0.15) is 0 Å². The first-order chi connectivity index (χ1) is 9.76. The minimum absolute atomic E-state index is 0.265. The van der Waals surface area contributed by atoms with Crippen LogP contribution in [-0.2, 0) is 0 Å². The van der Waals surface area contributed by atoms with E-state index in [9.17, 15) is 5.11 Å². The van der Waals surface area contributed by atoms with Crippen LogP contribution in [0.25, 0.3) is 0 Å². The van der Waals surface area contributed by atoms with Crippen molar-refractivity contribution >= 4 is 23.5 Å². The molecule has 0 aromatic heterocycles. The third-order valence-corrected chi connectivity index (χ3v) is 5.95. The largest absolute Gasteiger partial charge is 0.490 e. The lowest BCUT2D eigenvalue weighted by Gasteiger charge is -2.26. The van der Waals surface area contributed by atoms with E-state index in [-0.39, 0.29) is 5.25 Å². The molecule has 0 saturated carbocycles. The zero-order valence-corrected chi connectivity index (χ0v) is 13.6. The van der Waals surface area contributed by atoms with Gasteiger partial charge in [0, 0.05) is 22.5 Å². The fourth-order valence-electron chi connectivity index (χ4n) is 2.15. The minimum atomic E-state index is -0.442. The average molecular weight is 314 g/mol.